The molecule has 0 spiro atoms. The molecule has 0 saturated heterocycles. The van der Waals surface area contributed by atoms with Crippen molar-refractivity contribution < 1.29 is 0 Å². The minimum absolute atomic E-state index is 0.188. The molecule has 2 heteroatoms. The standard InChI is InChI=1S/C16H20N2/c1-11-12(2)18-15(10-17-11)13-6-8-14(9-7-13)16(3,4)5/h6-10H,1-5H3. The van der Waals surface area contributed by atoms with E-state index in [1.54, 1.807) is 0 Å². The molecule has 0 saturated carbocycles. The van der Waals surface area contributed by atoms with Crippen molar-refractivity contribution in [3.8, 4) is 11.3 Å². The highest BCUT2D eigenvalue weighted by molar-refractivity contribution is 5.59. The van der Waals surface area contributed by atoms with Gasteiger partial charge in [0, 0.05) is 5.56 Å². The largest absolute Gasteiger partial charge is 0.257 e. The van der Waals surface area contributed by atoms with Crippen LogP contribution in [0.25, 0.3) is 11.3 Å². The summed E-state index contributed by atoms with van der Waals surface area (Å²) in [6.45, 7) is 10.6. The Morgan fingerprint density at radius 2 is 1.50 bits per heavy atom. The first-order valence-electron chi connectivity index (χ1n) is 6.29. The Kier molecular flexibility index (Phi) is 3.20. The highest BCUT2D eigenvalue weighted by Crippen LogP contribution is 2.25. The van der Waals surface area contributed by atoms with Gasteiger partial charge in [-0.1, -0.05) is 45.0 Å². The molecule has 1 aromatic carbocycles. The van der Waals surface area contributed by atoms with Crippen LogP contribution < -0.4 is 0 Å². The molecule has 0 aliphatic rings. The van der Waals surface area contributed by atoms with Gasteiger partial charge < -0.3 is 0 Å². The molecule has 0 fully saturated rings. The predicted molar refractivity (Wildman–Crippen MR) is 75.6 cm³/mol. The van der Waals surface area contributed by atoms with E-state index in [2.05, 4.69) is 55.0 Å². The van der Waals surface area contributed by atoms with Crippen LogP contribution in [0.4, 0.5) is 0 Å². The summed E-state index contributed by atoms with van der Waals surface area (Å²) in [7, 11) is 0. The fourth-order valence-corrected chi connectivity index (χ4v) is 1.82. The molecule has 0 amide bonds. The van der Waals surface area contributed by atoms with E-state index < -0.39 is 0 Å². The van der Waals surface area contributed by atoms with Crippen LogP contribution in [0.5, 0.6) is 0 Å². The molecular weight excluding hydrogens is 220 g/mol. The summed E-state index contributed by atoms with van der Waals surface area (Å²) in [6.07, 6.45) is 1.84. The maximum absolute atomic E-state index is 4.57. The van der Waals surface area contributed by atoms with Gasteiger partial charge in [-0.25, -0.2) is 4.98 Å². The summed E-state index contributed by atoms with van der Waals surface area (Å²) in [5, 5.41) is 0. The summed E-state index contributed by atoms with van der Waals surface area (Å²) in [6, 6.07) is 8.59. The first-order chi connectivity index (χ1) is 8.38. The van der Waals surface area contributed by atoms with Gasteiger partial charge in [0.2, 0.25) is 0 Å². The number of benzene rings is 1. The van der Waals surface area contributed by atoms with Crippen LogP contribution in [-0.4, -0.2) is 9.97 Å². The lowest BCUT2D eigenvalue weighted by atomic mass is 9.86. The van der Waals surface area contributed by atoms with Crippen LogP contribution in [0.2, 0.25) is 0 Å². The lowest BCUT2D eigenvalue weighted by molar-refractivity contribution is 0.590. The zero-order valence-corrected chi connectivity index (χ0v) is 11.8. The zero-order chi connectivity index (χ0) is 13.3. The Hall–Kier alpha value is -1.70. The molecule has 1 heterocycles. The Balaban J connectivity index is 2.37. The summed E-state index contributed by atoms with van der Waals surface area (Å²) < 4.78 is 0. The molecular formula is C16H20N2. The molecule has 0 aliphatic carbocycles. The van der Waals surface area contributed by atoms with Crippen molar-refractivity contribution in [1.82, 2.24) is 9.97 Å². The number of aromatic nitrogens is 2. The molecule has 2 aromatic rings. The van der Waals surface area contributed by atoms with E-state index in [1.807, 2.05) is 20.0 Å². The molecule has 0 bridgehead atoms. The summed E-state index contributed by atoms with van der Waals surface area (Å²) >= 11 is 0. The van der Waals surface area contributed by atoms with E-state index in [4.69, 9.17) is 0 Å². The van der Waals surface area contributed by atoms with Gasteiger partial charge in [0.25, 0.3) is 0 Å². The monoisotopic (exact) mass is 240 g/mol. The molecule has 2 rings (SSSR count). The Bertz CT molecular complexity index is 548. The quantitative estimate of drug-likeness (QED) is 0.751. The number of nitrogens with zero attached hydrogens (tertiary/aromatic N) is 2. The molecule has 0 unspecified atom stereocenters. The Morgan fingerprint density at radius 1 is 0.889 bits per heavy atom. The predicted octanol–water partition coefficient (Wildman–Crippen LogP) is 4.06. The van der Waals surface area contributed by atoms with Crippen LogP contribution in [0.1, 0.15) is 37.7 Å². The van der Waals surface area contributed by atoms with Crippen molar-refractivity contribution in [3.63, 3.8) is 0 Å². The van der Waals surface area contributed by atoms with Gasteiger partial charge >= 0.3 is 0 Å². The highest BCUT2D eigenvalue weighted by atomic mass is 14.8. The number of rotatable bonds is 1. The van der Waals surface area contributed by atoms with Crippen molar-refractivity contribution in [2.24, 2.45) is 0 Å². The first-order valence-corrected chi connectivity index (χ1v) is 6.29. The number of hydrogen-bond acceptors (Lipinski definition) is 2. The molecule has 0 aliphatic heterocycles. The van der Waals surface area contributed by atoms with Gasteiger partial charge in [0.05, 0.1) is 23.3 Å². The summed E-state index contributed by atoms with van der Waals surface area (Å²) in [5.74, 6) is 0. The normalized spacial score (nSPS) is 11.6. The van der Waals surface area contributed by atoms with Crippen LogP contribution in [-0.2, 0) is 5.41 Å². The van der Waals surface area contributed by atoms with Gasteiger partial charge in [-0.2, -0.15) is 0 Å². The van der Waals surface area contributed by atoms with E-state index >= 15 is 0 Å². The maximum Gasteiger partial charge on any atom is 0.0888 e. The first kappa shape index (κ1) is 12.7. The second kappa shape index (κ2) is 4.52. The fourth-order valence-electron chi connectivity index (χ4n) is 1.82. The van der Waals surface area contributed by atoms with E-state index in [9.17, 15) is 0 Å². The van der Waals surface area contributed by atoms with Crippen LogP contribution in [0, 0.1) is 13.8 Å². The summed E-state index contributed by atoms with van der Waals surface area (Å²) in [5.41, 5.74) is 5.57. The lowest BCUT2D eigenvalue weighted by Crippen LogP contribution is -2.10. The van der Waals surface area contributed by atoms with E-state index in [0.29, 0.717) is 0 Å². The third kappa shape index (κ3) is 2.58. The average molecular weight is 240 g/mol. The van der Waals surface area contributed by atoms with Crippen molar-refractivity contribution in [2.45, 2.75) is 40.0 Å². The minimum atomic E-state index is 0.188. The SMILES string of the molecule is Cc1ncc(-c2ccc(C(C)(C)C)cc2)nc1C. The van der Waals surface area contributed by atoms with Crippen molar-refractivity contribution in [1.29, 1.82) is 0 Å². The Morgan fingerprint density at radius 3 is 2.00 bits per heavy atom. The third-order valence-corrected chi connectivity index (χ3v) is 3.24. The van der Waals surface area contributed by atoms with E-state index in [-0.39, 0.29) is 5.41 Å². The van der Waals surface area contributed by atoms with Crippen molar-refractivity contribution in [3.05, 3.63) is 47.4 Å². The fraction of sp³-hybridized carbons (Fsp3) is 0.375. The lowest BCUT2D eigenvalue weighted by Gasteiger charge is -2.19. The second-order valence-electron chi connectivity index (χ2n) is 5.75. The van der Waals surface area contributed by atoms with Gasteiger partial charge in [0.1, 0.15) is 0 Å². The molecule has 1 aromatic heterocycles. The Labute approximate surface area is 109 Å². The van der Waals surface area contributed by atoms with E-state index in [0.717, 1.165) is 22.6 Å². The molecule has 18 heavy (non-hydrogen) atoms. The van der Waals surface area contributed by atoms with Crippen LogP contribution in [0.3, 0.4) is 0 Å². The van der Waals surface area contributed by atoms with Gasteiger partial charge in [-0.15, -0.1) is 0 Å². The second-order valence-corrected chi connectivity index (χ2v) is 5.75. The van der Waals surface area contributed by atoms with Crippen molar-refractivity contribution in [2.75, 3.05) is 0 Å². The van der Waals surface area contributed by atoms with Crippen molar-refractivity contribution >= 4 is 0 Å². The van der Waals surface area contributed by atoms with Crippen LogP contribution in [0.15, 0.2) is 30.5 Å². The molecule has 0 atom stereocenters. The van der Waals surface area contributed by atoms with Gasteiger partial charge in [0.15, 0.2) is 0 Å². The zero-order valence-electron chi connectivity index (χ0n) is 11.8. The maximum atomic E-state index is 4.57. The molecule has 0 N–H and O–H groups in total. The van der Waals surface area contributed by atoms with Gasteiger partial charge in [-0.3, -0.25) is 4.98 Å². The van der Waals surface area contributed by atoms with E-state index in [1.165, 1.54) is 5.56 Å². The summed E-state index contributed by atoms with van der Waals surface area (Å²) in [4.78, 5) is 8.94. The number of hydrogen-bond donors (Lipinski definition) is 0. The average Bonchev–Trinajstić information content (AvgIpc) is 2.32. The molecule has 2 nitrogen and oxygen atoms in total. The third-order valence-electron chi connectivity index (χ3n) is 3.24. The smallest absolute Gasteiger partial charge is 0.0888 e. The molecule has 0 radical (unpaired) electrons. The molecule has 94 valence electrons. The van der Waals surface area contributed by atoms with Gasteiger partial charge in [-0.05, 0) is 24.8 Å². The minimum Gasteiger partial charge on any atom is -0.257 e. The van der Waals surface area contributed by atoms with Crippen LogP contribution >= 0.6 is 0 Å². The number of aryl methyl sites for hydroxylation is 2. The highest BCUT2D eigenvalue weighted by Gasteiger charge is 2.13. The topological polar surface area (TPSA) is 25.8 Å².